The molecule has 0 aromatic rings. The fourth-order valence-corrected chi connectivity index (χ4v) is 3.11. The van der Waals surface area contributed by atoms with Crippen molar-refractivity contribution < 1.29 is 48.3 Å². The second-order valence-corrected chi connectivity index (χ2v) is 9.38. The van der Waals surface area contributed by atoms with Crippen LogP contribution in [0.3, 0.4) is 0 Å². The third-order valence-electron chi connectivity index (χ3n) is 3.95. The van der Waals surface area contributed by atoms with E-state index in [2.05, 4.69) is 0 Å². The Hall–Kier alpha value is -0.673. The first kappa shape index (κ1) is 27.3. The third-order valence-corrected chi connectivity index (χ3v) is 5.17. The summed E-state index contributed by atoms with van der Waals surface area (Å²) in [6.45, 7) is 0. The molecular weight excluding hydrogens is 435 g/mol. The predicted octanol–water partition coefficient (Wildman–Crippen LogP) is 4.64. The van der Waals surface area contributed by atoms with E-state index in [9.17, 15) is 48.3 Å². The highest BCUT2D eigenvalue weighted by Gasteiger charge is 2.86. The number of alkyl halides is 11. The second kappa shape index (κ2) is 9.00. The summed E-state index contributed by atoms with van der Waals surface area (Å²) in [5, 5.41) is 16.3. The molecule has 28 heavy (non-hydrogen) atoms. The monoisotopic (exact) mass is 457 g/mol. The van der Waals surface area contributed by atoms with Crippen LogP contribution in [0.15, 0.2) is 0 Å². The third kappa shape index (κ3) is 6.42. The van der Waals surface area contributed by atoms with Gasteiger partial charge in [-0.25, -0.2) is 0 Å². The van der Waals surface area contributed by atoms with Crippen molar-refractivity contribution >= 4 is 8.56 Å². The normalized spacial score (nSPS) is 15.2. The highest BCUT2D eigenvalue weighted by atomic mass is 28.4. The smallest absolute Gasteiger partial charge is 0.327 e. The van der Waals surface area contributed by atoms with Gasteiger partial charge in [-0.2, -0.15) is 48.3 Å². The van der Waals surface area contributed by atoms with Gasteiger partial charge in [0.15, 0.2) is 0 Å². The average Bonchev–Trinajstić information content (AvgIpc) is 2.47. The molecule has 0 amide bonds. The fraction of sp³-hybridized carbons (Fsp3) is 1.00. The van der Waals surface area contributed by atoms with E-state index in [0.29, 0.717) is 25.3 Å². The van der Waals surface area contributed by atoms with Gasteiger partial charge in [0.1, 0.15) is 0 Å². The van der Waals surface area contributed by atoms with Crippen molar-refractivity contribution in [2.45, 2.75) is 80.9 Å². The van der Waals surface area contributed by atoms with E-state index < -0.39 is 51.3 Å². The zero-order chi connectivity index (χ0) is 22.7. The minimum atomic E-state index is -7.33. The van der Waals surface area contributed by atoms with Gasteiger partial charge in [0.05, 0.1) is 0 Å². The summed E-state index contributed by atoms with van der Waals surface area (Å²) in [6.07, 6.45) is -8.34. The first-order chi connectivity index (χ1) is 12.2. The van der Waals surface area contributed by atoms with Gasteiger partial charge in [-0.1, -0.05) is 32.1 Å². The highest BCUT2D eigenvalue weighted by molar-refractivity contribution is 6.70. The molecule has 0 heterocycles. The summed E-state index contributed by atoms with van der Waals surface area (Å²) >= 11 is 0. The maximum absolute atomic E-state index is 13.4. The van der Waals surface area contributed by atoms with Crippen LogP contribution < -0.4 is 16.2 Å². The Balaban J connectivity index is 4.71. The summed E-state index contributed by atoms with van der Waals surface area (Å²) < 4.78 is 141. The second-order valence-electron chi connectivity index (χ2n) is 6.66. The molecular formula is C13H22F11N3Si. The largest absolute Gasteiger partial charge is 0.460 e. The zero-order valence-electron chi connectivity index (χ0n) is 14.5. The summed E-state index contributed by atoms with van der Waals surface area (Å²) in [6, 6.07) is 0.375. The predicted molar refractivity (Wildman–Crippen MR) is 81.3 cm³/mol. The Kier molecular flexibility index (Phi) is 8.78. The molecule has 0 aliphatic heterocycles. The topological polar surface area (TPSA) is 78.1 Å². The molecule has 0 bridgehead atoms. The van der Waals surface area contributed by atoms with Crippen LogP contribution in [0.2, 0.25) is 6.04 Å². The van der Waals surface area contributed by atoms with Gasteiger partial charge in [0.25, 0.3) is 8.56 Å². The van der Waals surface area contributed by atoms with Crippen molar-refractivity contribution in [1.29, 1.82) is 0 Å². The number of nitrogens with two attached hydrogens (primary N) is 3. The van der Waals surface area contributed by atoms with Gasteiger partial charge in [0.2, 0.25) is 0 Å². The van der Waals surface area contributed by atoms with E-state index in [4.69, 9.17) is 16.2 Å². The zero-order valence-corrected chi connectivity index (χ0v) is 15.5. The van der Waals surface area contributed by atoms with Crippen molar-refractivity contribution in [2.24, 2.45) is 16.2 Å². The lowest BCUT2D eigenvalue weighted by atomic mass is 9.94. The van der Waals surface area contributed by atoms with E-state index in [0.717, 1.165) is 0 Å². The Morgan fingerprint density at radius 3 is 1.29 bits per heavy atom. The van der Waals surface area contributed by atoms with Gasteiger partial charge in [0, 0.05) is 6.42 Å². The van der Waals surface area contributed by atoms with Crippen LogP contribution in [0.5, 0.6) is 0 Å². The lowest BCUT2D eigenvalue weighted by Crippen LogP contribution is -2.66. The summed E-state index contributed by atoms with van der Waals surface area (Å²) in [7, 11) is -2.72. The first-order valence-corrected chi connectivity index (χ1v) is 10.6. The van der Waals surface area contributed by atoms with Crippen LogP contribution in [0.4, 0.5) is 48.3 Å². The van der Waals surface area contributed by atoms with Crippen LogP contribution in [0.25, 0.3) is 0 Å². The van der Waals surface area contributed by atoms with Gasteiger partial charge in [-0.05, 0) is 12.5 Å². The fourth-order valence-electron chi connectivity index (χ4n) is 2.25. The van der Waals surface area contributed by atoms with E-state index in [1.54, 1.807) is 0 Å². The minimum Gasteiger partial charge on any atom is -0.327 e. The molecule has 170 valence electrons. The lowest BCUT2D eigenvalue weighted by molar-refractivity contribution is -0.422. The summed E-state index contributed by atoms with van der Waals surface area (Å²) in [5.41, 5.74) is 0. The van der Waals surface area contributed by atoms with E-state index in [1.807, 2.05) is 0 Å². The maximum Gasteiger partial charge on any atom is 0.460 e. The highest BCUT2D eigenvalue weighted by Crippen LogP contribution is 2.58. The van der Waals surface area contributed by atoms with Gasteiger partial charge < -0.3 is 16.2 Å². The Morgan fingerprint density at radius 2 is 0.893 bits per heavy atom. The van der Waals surface area contributed by atoms with E-state index in [-0.39, 0.29) is 12.8 Å². The maximum atomic E-state index is 13.4. The summed E-state index contributed by atoms with van der Waals surface area (Å²) in [4.78, 5) is 0. The molecule has 0 saturated carbocycles. The minimum absolute atomic E-state index is 0.149. The van der Waals surface area contributed by atoms with Crippen LogP contribution in [-0.4, -0.2) is 38.4 Å². The molecule has 0 aromatic heterocycles. The first-order valence-electron chi connectivity index (χ1n) is 8.15. The molecule has 3 nitrogen and oxygen atoms in total. The molecule has 15 heteroatoms. The van der Waals surface area contributed by atoms with Crippen LogP contribution >= 0.6 is 0 Å². The van der Waals surface area contributed by atoms with Crippen LogP contribution in [-0.2, 0) is 0 Å². The molecule has 0 aliphatic rings. The molecule has 0 spiro atoms. The van der Waals surface area contributed by atoms with Crippen molar-refractivity contribution in [3.8, 4) is 0 Å². The number of hydrogen-bond acceptors (Lipinski definition) is 3. The van der Waals surface area contributed by atoms with Crippen molar-refractivity contribution in [1.82, 2.24) is 0 Å². The lowest BCUT2D eigenvalue weighted by Gasteiger charge is -2.37. The molecule has 0 saturated heterocycles. The average molecular weight is 457 g/mol. The number of unbranched alkanes of at least 4 members (excludes halogenated alkanes) is 5. The molecule has 0 atom stereocenters. The van der Waals surface area contributed by atoms with Gasteiger partial charge in [-0.3, -0.25) is 0 Å². The quantitative estimate of drug-likeness (QED) is 0.227. The van der Waals surface area contributed by atoms with Crippen molar-refractivity contribution in [2.75, 3.05) is 0 Å². The number of hydrogen-bond donors (Lipinski definition) is 3. The number of halogens is 11. The molecule has 0 aromatic carbocycles. The van der Waals surface area contributed by atoms with Gasteiger partial charge >= 0.3 is 29.9 Å². The molecule has 0 radical (unpaired) electrons. The number of rotatable bonds is 12. The van der Waals surface area contributed by atoms with E-state index >= 15 is 0 Å². The van der Waals surface area contributed by atoms with Gasteiger partial charge in [-0.15, -0.1) is 0 Å². The Labute approximate surface area is 155 Å². The van der Waals surface area contributed by atoms with Crippen LogP contribution in [0.1, 0.15) is 44.9 Å². The Morgan fingerprint density at radius 1 is 0.500 bits per heavy atom. The molecule has 6 N–H and O–H groups in total. The molecule has 0 unspecified atom stereocenters. The molecule has 0 aliphatic carbocycles. The van der Waals surface area contributed by atoms with Crippen LogP contribution in [0, 0.1) is 0 Å². The van der Waals surface area contributed by atoms with Crippen molar-refractivity contribution in [3.63, 3.8) is 0 Å². The van der Waals surface area contributed by atoms with E-state index in [1.165, 1.54) is 0 Å². The Bertz CT molecular complexity index is 489. The van der Waals surface area contributed by atoms with Crippen molar-refractivity contribution in [3.05, 3.63) is 0 Å². The molecule has 0 rings (SSSR count). The summed E-state index contributed by atoms with van der Waals surface area (Å²) in [5.74, 6) is -27.3. The SMILES string of the molecule is N[Si](N)(N)CCCCCCCCC(F)(F)C(F)(F)C(F)(F)C(F)(F)C(F)(F)F. The standard InChI is InChI=1S/C13H22F11N3Si/c14-9(15,7-5-3-1-2-4-6-8-28(25,26)27)10(16,17)11(18,19)12(20,21)13(22,23)24/h1-8,25-27H2. The molecule has 0 fully saturated rings.